The molecule has 24 heavy (non-hydrogen) atoms. The maximum absolute atomic E-state index is 12.8. The molecule has 0 saturated heterocycles. The Bertz CT molecular complexity index is 689. The molecule has 128 valence electrons. The number of hydrogen-bond donors (Lipinski definition) is 1. The van der Waals surface area contributed by atoms with E-state index >= 15 is 0 Å². The van der Waals surface area contributed by atoms with Crippen LogP contribution in [0.1, 0.15) is 30.0 Å². The third-order valence-corrected chi connectivity index (χ3v) is 4.90. The molecule has 1 aromatic carbocycles. The summed E-state index contributed by atoms with van der Waals surface area (Å²) in [5.74, 6) is 0.0704. The van der Waals surface area contributed by atoms with Crippen LogP contribution in [-0.2, 0) is 11.3 Å². The maximum atomic E-state index is 12.8. The Morgan fingerprint density at radius 3 is 2.67 bits per heavy atom. The summed E-state index contributed by atoms with van der Waals surface area (Å²) in [6.07, 6.45) is 6.07. The van der Waals surface area contributed by atoms with Gasteiger partial charge in [-0.15, -0.1) is 0 Å². The number of nitrogens with zero attached hydrogens (tertiary/aromatic N) is 3. The van der Waals surface area contributed by atoms with Gasteiger partial charge in [-0.05, 0) is 51.1 Å². The Morgan fingerprint density at radius 1 is 1.33 bits per heavy atom. The molecule has 1 aliphatic carbocycles. The highest BCUT2D eigenvalue weighted by Gasteiger charge is 2.43. The second-order valence-corrected chi connectivity index (χ2v) is 7.14. The molecule has 1 heterocycles. The predicted octanol–water partition coefficient (Wildman–Crippen LogP) is 2.39. The minimum Gasteiger partial charge on any atom is -0.354 e. The van der Waals surface area contributed by atoms with E-state index in [1.165, 1.54) is 0 Å². The minimum absolute atomic E-state index is 0.0704. The van der Waals surface area contributed by atoms with Crippen molar-refractivity contribution < 1.29 is 4.79 Å². The summed E-state index contributed by atoms with van der Waals surface area (Å²) in [7, 11) is 3.90. The molecular formula is C19H26N4O. The number of benzene rings is 1. The fourth-order valence-electron chi connectivity index (χ4n) is 3.22. The third kappa shape index (κ3) is 3.67. The molecule has 1 fully saturated rings. The predicted molar refractivity (Wildman–Crippen MR) is 94.5 cm³/mol. The van der Waals surface area contributed by atoms with Crippen LogP contribution in [0.15, 0.2) is 42.7 Å². The van der Waals surface area contributed by atoms with E-state index in [9.17, 15) is 4.79 Å². The van der Waals surface area contributed by atoms with Crippen molar-refractivity contribution in [3.63, 3.8) is 0 Å². The zero-order chi connectivity index (χ0) is 17.2. The highest BCUT2D eigenvalue weighted by Crippen LogP contribution is 2.46. The lowest BCUT2D eigenvalue weighted by Gasteiger charge is -2.26. The number of rotatable bonds is 7. The molecule has 0 radical (unpaired) electrons. The van der Waals surface area contributed by atoms with Crippen molar-refractivity contribution in [2.75, 3.05) is 20.6 Å². The van der Waals surface area contributed by atoms with Crippen LogP contribution in [0.5, 0.6) is 0 Å². The molecule has 2 aromatic rings. The van der Waals surface area contributed by atoms with Crippen molar-refractivity contribution in [3.8, 4) is 0 Å². The Labute approximate surface area is 143 Å². The molecule has 1 saturated carbocycles. The lowest BCUT2D eigenvalue weighted by Crippen LogP contribution is -2.40. The monoisotopic (exact) mass is 326 g/mol. The first-order chi connectivity index (χ1) is 11.5. The highest BCUT2D eigenvalue weighted by molar-refractivity contribution is 5.83. The van der Waals surface area contributed by atoms with E-state index in [4.69, 9.17) is 0 Å². The van der Waals surface area contributed by atoms with Crippen molar-refractivity contribution in [2.45, 2.75) is 32.4 Å². The fourth-order valence-corrected chi connectivity index (χ4v) is 3.22. The first-order valence-corrected chi connectivity index (χ1v) is 8.48. The third-order valence-electron chi connectivity index (χ3n) is 4.90. The Morgan fingerprint density at radius 2 is 2.08 bits per heavy atom. The smallest absolute Gasteiger partial charge is 0.241 e. The summed E-state index contributed by atoms with van der Waals surface area (Å²) in [6.45, 7) is 3.64. The summed E-state index contributed by atoms with van der Waals surface area (Å²) < 4.78 is 1.96. The molecule has 1 aliphatic rings. The summed E-state index contributed by atoms with van der Waals surface area (Å²) in [6, 6.07) is 9.77. The number of likely N-dealkylation sites (N-methyl/N-ethyl adjacent to an activating group) is 1. The minimum atomic E-state index is -0.258. The normalized spacial score (nSPS) is 16.8. The molecule has 1 aromatic heterocycles. The molecule has 1 atom stereocenters. The van der Waals surface area contributed by atoms with Crippen LogP contribution >= 0.6 is 0 Å². The zero-order valence-corrected chi connectivity index (χ0v) is 14.7. The van der Waals surface area contributed by atoms with E-state index in [0.29, 0.717) is 6.54 Å². The van der Waals surface area contributed by atoms with Crippen molar-refractivity contribution in [2.24, 2.45) is 5.41 Å². The number of aromatic nitrogens is 2. The van der Waals surface area contributed by atoms with Crippen LogP contribution in [0, 0.1) is 12.3 Å². The van der Waals surface area contributed by atoms with Gasteiger partial charge in [0.15, 0.2) is 0 Å². The SMILES string of the molecule is Cc1ccccc1[C@@H](C(=O)NCC1(Cn2cccn2)CC1)N(C)C. The molecule has 0 aliphatic heterocycles. The Hall–Kier alpha value is -2.14. The van der Waals surface area contributed by atoms with E-state index in [-0.39, 0.29) is 17.4 Å². The van der Waals surface area contributed by atoms with Crippen LogP contribution in [0.2, 0.25) is 0 Å². The van der Waals surface area contributed by atoms with Gasteiger partial charge in [-0.2, -0.15) is 5.10 Å². The largest absolute Gasteiger partial charge is 0.354 e. The summed E-state index contributed by atoms with van der Waals surface area (Å²) in [5, 5.41) is 7.47. The summed E-state index contributed by atoms with van der Waals surface area (Å²) in [4.78, 5) is 14.8. The Balaban J connectivity index is 1.65. The Kier molecular flexibility index (Phi) is 4.71. The van der Waals surface area contributed by atoms with Crippen molar-refractivity contribution >= 4 is 5.91 Å². The first-order valence-electron chi connectivity index (χ1n) is 8.48. The number of amides is 1. The maximum Gasteiger partial charge on any atom is 0.241 e. The van der Waals surface area contributed by atoms with E-state index in [0.717, 1.165) is 30.5 Å². The number of aryl methyl sites for hydroxylation is 1. The average Bonchev–Trinajstić information content (AvgIpc) is 3.11. The topological polar surface area (TPSA) is 50.2 Å². The van der Waals surface area contributed by atoms with Crippen LogP contribution in [-0.4, -0.2) is 41.2 Å². The van der Waals surface area contributed by atoms with Crippen molar-refractivity contribution in [1.82, 2.24) is 20.0 Å². The lowest BCUT2D eigenvalue weighted by atomic mass is 9.99. The molecular weight excluding hydrogens is 300 g/mol. The number of hydrogen-bond acceptors (Lipinski definition) is 3. The van der Waals surface area contributed by atoms with Crippen LogP contribution in [0.4, 0.5) is 0 Å². The average molecular weight is 326 g/mol. The second-order valence-electron chi connectivity index (χ2n) is 7.14. The lowest BCUT2D eigenvalue weighted by molar-refractivity contribution is -0.126. The molecule has 1 amide bonds. The molecule has 0 unspecified atom stereocenters. The van der Waals surface area contributed by atoms with Gasteiger partial charge in [-0.3, -0.25) is 14.4 Å². The van der Waals surface area contributed by atoms with Gasteiger partial charge in [0, 0.05) is 30.9 Å². The molecule has 5 heteroatoms. The van der Waals surface area contributed by atoms with E-state index < -0.39 is 0 Å². The van der Waals surface area contributed by atoms with E-state index in [1.807, 2.05) is 54.1 Å². The van der Waals surface area contributed by atoms with E-state index in [2.05, 4.69) is 23.4 Å². The molecule has 5 nitrogen and oxygen atoms in total. The van der Waals surface area contributed by atoms with E-state index in [1.54, 1.807) is 6.20 Å². The van der Waals surface area contributed by atoms with Gasteiger partial charge in [0.05, 0.1) is 0 Å². The first kappa shape index (κ1) is 16.7. The van der Waals surface area contributed by atoms with Crippen LogP contribution < -0.4 is 5.32 Å². The molecule has 0 bridgehead atoms. The fraction of sp³-hybridized carbons (Fsp3) is 0.474. The van der Waals surface area contributed by atoms with Crippen molar-refractivity contribution in [1.29, 1.82) is 0 Å². The number of carbonyl (C=O) groups excluding carboxylic acids is 1. The zero-order valence-electron chi connectivity index (χ0n) is 14.7. The van der Waals surface area contributed by atoms with Crippen molar-refractivity contribution in [3.05, 3.63) is 53.9 Å². The van der Waals surface area contributed by atoms with Crippen LogP contribution in [0.3, 0.4) is 0 Å². The standard InChI is InChI=1S/C19H26N4O/c1-15-7-4-5-8-16(15)17(22(2)3)18(24)20-13-19(9-10-19)14-23-12-6-11-21-23/h4-8,11-12,17H,9-10,13-14H2,1-3H3,(H,20,24)/t17-/m0/s1. The summed E-state index contributed by atoms with van der Waals surface area (Å²) in [5.41, 5.74) is 2.38. The highest BCUT2D eigenvalue weighted by atomic mass is 16.2. The molecule has 1 N–H and O–H groups in total. The van der Waals surface area contributed by atoms with Gasteiger partial charge in [0.1, 0.15) is 6.04 Å². The summed E-state index contributed by atoms with van der Waals surface area (Å²) >= 11 is 0. The molecule has 0 spiro atoms. The van der Waals surface area contributed by atoms with Crippen LogP contribution in [0.25, 0.3) is 0 Å². The van der Waals surface area contributed by atoms with Gasteiger partial charge < -0.3 is 5.32 Å². The number of nitrogens with one attached hydrogen (secondary N) is 1. The quantitative estimate of drug-likeness (QED) is 0.850. The van der Waals surface area contributed by atoms with Gasteiger partial charge in [0.2, 0.25) is 5.91 Å². The van der Waals surface area contributed by atoms with Gasteiger partial charge in [0.25, 0.3) is 0 Å². The van der Waals surface area contributed by atoms with Gasteiger partial charge in [-0.1, -0.05) is 24.3 Å². The number of carbonyl (C=O) groups is 1. The van der Waals surface area contributed by atoms with Gasteiger partial charge >= 0.3 is 0 Å². The van der Waals surface area contributed by atoms with Gasteiger partial charge in [-0.25, -0.2) is 0 Å². The second kappa shape index (κ2) is 6.77. The molecule has 3 rings (SSSR count).